The van der Waals surface area contributed by atoms with Gasteiger partial charge in [-0.3, -0.25) is 9.79 Å². The van der Waals surface area contributed by atoms with Crippen LogP contribution in [0, 0.1) is 0 Å². The van der Waals surface area contributed by atoms with E-state index in [0.717, 1.165) is 0 Å². The first-order valence-corrected chi connectivity index (χ1v) is 9.40. The van der Waals surface area contributed by atoms with Gasteiger partial charge in [0.2, 0.25) is 11.5 Å². The summed E-state index contributed by atoms with van der Waals surface area (Å²) in [4.78, 5) is 18.1. The third kappa shape index (κ3) is 4.89. The predicted molar refractivity (Wildman–Crippen MR) is 102 cm³/mol. The van der Waals surface area contributed by atoms with Crippen LogP contribution < -0.4 is 23.5 Å². The van der Waals surface area contributed by atoms with Gasteiger partial charge in [0.25, 0.3) is 0 Å². The lowest BCUT2D eigenvalue weighted by molar-refractivity contribution is 0.270. The molecule has 0 unspecified atom stereocenters. The number of rotatable bonds is 8. The zero-order valence-corrected chi connectivity index (χ0v) is 16.6. The summed E-state index contributed by atoms with van der Waals surface area (Å²) in [5.41, 5.74) is 0.917. The van der Waals surface area contributed by atoms with Gasteiger partial charge in [0, 0.05) is 5.56 Å². The maximum absolute atomic E-state index is 11.2. The van der Waals surface area contributed by atoms with Crippen molar-refractivity contribution in [3.8, 4) is 34.5 Å². The fourth-order valence-corrected chi connectivity index (χ4v) is 2.87. The van der Waals surface area contributed by atoms with Crippen LogP contribution in [0.15, 0.2) is 24.3 Å². The molecule has 2 aromatic rings. The fraction of sp³-hybridized carbons (Fsp3) is 0.222. The summed E-state index contributed by atoms with van der Waals surface area (Å²) in [7, 11) is 0.869. The Labute approximate surface area is 161 Å². The second kappa shape index (κ2) is 8.88. The molecule has 2 rings (SSSR count). The molecule has 2 aromatic carbocycles. The van der Waals surface area contributed by atoms with E-state index in [4.69, 9.17) is 28.7 Å². The van der Waals surface area contributed by atoms with Crippen molar-refractivity contribution in [3.63, 3.8) is 0 Å². The number of phenolic OH excluding ortho intramolecular Hbond substituents is 1. The van der Waals surface area contributed by atoms with Crippen molar-refractivity contribution >= 4 is 20.0 Å². The van der Waals surface area contributed by atoms with E-state index in [9.17, 15) is 9.67 Å². The molecule has 0 saturated carbocycles. The second-order valence-electron chi connectivity index (χ2n) is 5.41. The van der Waals surface area contributed by atoms with Crippen LogP contribution in [0.1, 0.15) is 11.1 Å². The molecule has 152 valence electrons. The van der Waals surface area contributed by atoms with E-state index >= 15 is 0 Å². The summed E-state index contributed by atoms with van der Waals surface area (Å²) in [6.45, 7) is 0. The number of benzene rings is 2. The highest BCUT2D eigenvalue weighted by Crippen LogP contribution is 2.48. The van der Waals surface area contributed by atoms with E-state index < -0.39 is 19.3 Å². The first-order valence-electron chi connectivity index (χ1n) is 7.87. The molecule has 3 N–H and O–H groups in total. The minimum absolute atomic E-state index is 0.0224. The smallest absolute Gasteiger partial charge is 0.504 e. The molecule has 9 nitrogen and oxygen atoms in total. The molecule has 0 spiro atoms. The van der Waals surface area contributed by atoms with Crippen molar-refractivity contribution in [1.82, 2.24) is 0 Å². The summed E-state index contributed by atoms with van der Waals surface area (Å²) >= 11 is 0. The number of phosphoric acid groups is 1. The van der Waals surface area contributed by atoms with E-state index in [1.54, 1.807) is 18.2 Å². The lowest BCUT2D eigenvalue weighted by Crippen LogP contribution is -1.96. The lowest BCUT2D eigenvalue weighted by atomic mass is 10.1. The second-order valence-corrected chi connectivity index (χ2v) is 6.57. The van der Waals surface area contributed by atoms with E-state index in [-0.39, 0.29) is 11.3 Å². The number of ether oxygens (including phenoxy) is 4. The van der Waals surface area contributed by atoms with Crippen molar-refractivity contribution < 1.29 is 42.9 Å². The molecule has 0 amide bonds. The average molecular weight is 412 g/mol. The molecular weight excluding hydrogens is 391 g/mol. The van der Waals surface area contributed by atoms with Crippen LogP contribution in [-0.2, 0) is 4.57 Å². The average Bonchev–Trinajstić information content (AvgIpc) is 2.66. The first kappa shape index (κ1) is 21.4. The molecular formula is C18H21O9P. The molecule has 10 heteroatoms. The van der Waals surface area contributed by atoms with Gasteiger partial charge in [-0.05, 0) is 29.8 Å². The van der Waals surface area contributed by atoms with Crippen LogP contribution in [0.5, 0.6) is 34.5 Å². The molecule has 0 aliphatic heterocycles. The standard InChI is InChI=1S/C18H21O9P/c1-23-13-8-7-12(16(19)18(13)27-28(20,21)22)6-5-11-9-14(24-2)17(26-4)15(10-11)25-3/h5-10,19H,1-4H3,(H2,20,21,22)/b6-5+. The largest absolute Gasteiger partial charge is 0.525 e. The van der Waals surface area contributed by atoms with Crippen LogP contribution in [0.2, 0.25) is 0 Å². The maximum atomic E-state index is 11.2. The van der Waals surface area contributed by atoms with Gasteiger partial charge in [0.1, 0.15) is 0 Å². The van der Waals surface area contributed by atoms with Crippen LogP contribution in [0.4, 0.5) is 0 Å². The molecule has 0 aliphatic rings. The summed E-state index contributed by atoms with van der Waals surface area (Å²) < 4.78 is 36.5. The highest BCUT2D eigenvalue weighted by atomic mass is 31.2. The number of phenols is 1. The highest BCUT2D eigenvalue weighted by molar-refractivity contribution is 7.46. The molecule has 0 aromatic heterocycles. The number of aromatic hydroxyl groups is 1. The minimum atomic E-state index is -4.89. The van der Waals surface area contributed by atoms with Gasteiger partial charge in [-0.1, -0.05) is 12.2 Å². The fourth-order valence-electron chi connectivity index (χ4n) is 2.45. The lowest BCUT2D eigenvalue weighted by Gasteiger charge is -2.14. The van der Waals surface area contributed by atoms with Gasteiger partial charge in [-0.25, -0.2) is 4.57 Å². The predicted octanol–water partition coefficient (Wildman–Crippen LogP) is 3.07. The third-order valence-electron chi connectivity index (χ3n) is 3.70. The topological polar surface area (TPSA) is 124 Å². The summed E-state index contributed by atoms with van der Waals surface area (Å²) in [5.74, 6) is 0.378. The van der Waals surface area contributed by atoms with Crippen molar-refractivity contribution in [1.29, 1.82) is 0 Å². The first-order chi connectivity index (χ1) is 13.2. The van der Waals surface area contributed by atoms with E-state index in [2.05, 4.69) is 4.52 Å². The molecule has 0 atom stereocenters. The van der Waals surface area contributed by atoms with E-state index in [1.807, 2.05) is 0 Å². The highest BCUT2D eigenvalue weighted by Gasteiger charge is 2.23. The monoisotopic (exact) mass is 412 g/mol. The molecule has 0 saturated heterocycles. The summed E-state index contributed by atoms with van der Waals surface area (Å²) in [5, 5.41) is 10.4. The summed E-state index contributed by atoms with van der Waals surface area (Å²) in [6.07, 6.45) is 3.18. The Bertz CT molecular complexity index is 893. The van der Waals surface area contributed by atoms with Crippen molar-refractivity contribution in [3.05, 3.63) is 35.4 Å². The van der Waals surface area contributed by atoms with Gasteiger partial charge in [0.05, 0.1) is 28.4 Å². The van der Waals surface area contributed by atoms with E-state index in [0.29, 0.717) is 22.8 Å². The Morgan fingerprint density at radius 1 is 0.821 bits per heavy atom. The number of methoxy groups -OCH3 is 4. The van der Waals surface area contributed by atoms with Gasteiger partial charge in [-0.2, -0.15) is 0 Å². The van der Waals surface area contributed by atoms with Gasteiger partial charge in [0.15, 0.2) is 23.0 Å². The maximum Gasteiger partial charge on any atom is 0.525 e. The van der Waals surface area contributed by atoms with E-state index in [1.165, 1.54) is 46.6 Å². The molecule has 0 heterocycles. The summed E-state index contributed by atoms with van der Waals surface area (Å²) in [6, 6.07) is 6.33. The van der Waals surface area contributed by atoms with Gasteiger partial charge < -0.3 is 28.6 Å². The third-order valence-corrected chi connectivity index (χ3v) is 4.12. The van der Waals surface area contributed by atoms with Crippen LogP contribution in [0.25, 0.3) is 12.2 Å². The molecule has 0 aliphatic carbocycles. The van der Waals surface area contributed by atoms with Crippen LogP contribution >= 0.6 is 7.82 Å². The number of hydrogen-bond acceptors (Lipinski definition) is 7. The Morgan fingerprint density at radius 3 is 1.86 bits per heavy atom. The van der Waals surface area contributed by atoms with Gasteiger partial charge >= 0.3 is 7.82 Å². The zero-order chi connectivity index (χ0) is 20.9. The minimum Gasteiger partial charge on any atom is -0.504 e. The Hall–Kier alpha value is -2.87. The van der Waals surface area contributed by atoms with Crippen molar-refractivity contribution in [2.45, 2.75) is 0 Å². The molecule has 0 radical (unpaired) electrons. The molecule has 28 heavy (non-hydrogen) atoms. The number of hydrogen-bond donors (Lipinski definition) is 3. The van der Waals surface area contributed by atoms with Crippen molar-refractivity contribution in [2.24, 2.45) is 0 Å². The zero-order valence-electron chi connectivity index (χ0n) is 15.7. The van der Waals surface area contributed by atoms with Crippen LogP contribution in [0.3, 0.4) is 0 Å². The SMILES string of the molecule is COc1cc(/C=C/c2ccc(OC)c(OP(=O)(O)O)c2O)cc(OC)c1OC. The number of phosphoric ester groups is 1. The molecule has 0 fully saturated rings. The molecule has 0 bridgehead atoms. The normalized spacial score (nSPS) is 11.4. The van der Waals surface area contributed by atoms with Crippen LogP contribution in [-0.4, -0.2) is 43.3 Å². The van der Waals surface area contributed by atoms with Crippen molar-refractivity contribution in [2.75, 3.05) is 28.4 Å². The Morgan fingerprint density at radius 2 is 1.39 bits per heavy atom. The Kier molecular flexibility index (Phi) is 6.80. The van der Waals surface area contributed by atoms with Gasteiger partial charge in [-0.15, -0.1) is 0 Å². The quantitative estimate of drug-likeness (QED) is 0.443. The Balaban J connectivity index is 2.47.